The third kappa shape index (κ3) is 28.3. The van der Waals surface area contributed by atoms with Crippen LogP contribution in [0.25, 0.3) is 0 Å². The van der Waals surface area contributed by atoms with E-state index >= 15 is 0 Å². The summed E-state index contributed by atoms with van der Waals surface area (Å²) in [5.74, 6) is -7.39. The Balaban J connectivity index is -0.0000000521. The average molecular weight is 822 g/mol. The summed E-state index contributed by atoms with van der Waals surface area (Å²) in [6, 6.07) is 10.6. The standard InChI is InChI=1S/4C6H5NO3.2H3N.2O2.2H2O.2O.2V/c4*8-4-2-1-3-7-5(4)6(9)10;;;2*1-2;;;;;;/h4*1-3,8H,(H,9,10);2*1H3;;;2*1H2;;;;/q;;;;;;2*-2;;;2*-2;;/p-2. The van der Waals surface area contributed by atoms with Crippen LogP contribution < -0.4 is 53.8 Å². The molecule has 28 heteroatoms. The Kier molecular flexibility index (Phi) is 57.8. The summed E-state index contributed by atoms with van der Waals surface area (Å²) in [4.78, 5) is 53.9. The summed E-state index contributed by atoms with van der Waals surface area (Å²) in [6.07, 6.45) is 5.07. The van der Waals surface area contributed by atoms with Gasteiger partial charge < -0.3 is 110 Å². The predicted molar refractivity (Wildman–Crippen MR) is 142 cm³/mol. The molecule has 52 heavy (non-hydrogen) atoms. The first-order valence-electron chi connectivity index (χ1n) is 10.6. The SMILES string of the molecule is O.O.O=C(O)c1ncccc1[O-].O=C([O-])c1ncccc1O.O=C([O-])c1ncccc1O.O=C([O-])c1ncccc1O.[NH4+].[NH4+].[O-2].[O-2].[O-][O-].[O-][O-].[V].[V]. The molecule has 0 unspecified atom stereocenters. The minimum absolute atomic E-state index is 0. The van der Waals surface area contributed by atoms with E-state index in [0.29, 0.717) is 0 Å². The van der Waals surface area contributed by atoms with E-state index in [4.69, 9.17) is 41.5 Å². The van der Waals surface area contributed by atoms with Gasteiger partial charge in [-0.25, -0.2) is 9.78 Å². The zero-order chi connectivity index (χ0) is 34.2. The number of hydrogen-bond donors (Lipinski definition) is 6. The van der Waals surface area contributed by atoms with E-state index < -0.39 is 52.4 Å². The minimum Gasteiger partial charge on any atom is -2.00 e. The van der Waals surface area contributed by atoms with Crippen molar-refractivity contribution in [2.24, 2.45) is 0 Å². The van der Waals surface area contributed by atoms with Gasteiger partial charge in [-0.3, -0.25) is 15.0 Å². The summed E-state index contributed by atoms with van der Waals surface area (Å²) >= 11 is 0. The number of carbonyl (C=O) groups is 4. The molecule has 0 amide bonds. The summed E-state index contributed by atoms with van der Waals surface area (Å²) in [5.41, 5.74) is -1.71. The Morgan fingerprint density at radius 3 is 0.846 bits per heavy atom. The summed E-state index contributed by atoms with van der Waals surface area (Å²) < 4.78 is 0. The van der Waals surface area contributed by atoms with Crippen LogP contribution in [0, 0.1) is 0 Å². The topological polar surface area (TPSA) is 578 Å². The second kappa shape index (κ2) is 41.6. The Hall–Kier alpha value is -5.55. The van der Waals surface area contributed by atoms with Gasteiger partial charge in [0, 0.05) is 61.9 Å². The number of hydrogen-bond acceptors (Lipinski definition) is 19. The number of carbonyl (C=O) groups excluding carboxylic acids is 3. The number of aromatic carboxylic acids is 4. The molecule has 4 heterocycles. The van der Waals surface area contributed by atoms with Gasteiger partial charge in [-0.2, -0.15) is 0 Å². The summed E-state index contributed by atoms with van der Waals surface area (Å²) in [6.45, 7) is 0. The van der Waals surface area contributed by atoms with Crippen LogP contribution in [0.5, 0.6) is 23.0 Å². The van der Waals surface area contributed by atoms with Gasteiger partial charge in [0.2, 0.25) is 0 Å². The summed E-state index contributed by atoms with van der Waals surface area (Å²) in [5, 5.41) is 104. The van der Waals surface area contributed by atoms with Crippen molar-refractivity contribution in [2.45, 2.75) is 0 Å². The fraction of sp³-hybridized carbons (Fsp3) is 0. The molecule has 16 N–H and O–H groups in total. The Morgan fingerprint density at radius 1 is 0.500 bits per heavy atom. The maximum Gasteiger partial charge on any atom is 0.353 e. The van der Waals surface area contributed by atoms with Gasteiger partial charge >= 0.3 is 5.97 Å². The van der Waals surface area contributed by atoms with E-state index in [1.165, 1.54) is 67.3 Å². The molecular formula is C24H28N6O20V2-10. The molecular weight excluding hydrogens is 794 g/mol. The van der Waals surface area contributed by atoms with Gasteiger partial charge in [-0.05, 0) is 42.5 Å². The molecule has 4 aromatic heterocycles. The molecule has 0 aromatic carbocycles. The molecule has 0 saturated heterocycles. The maximum atomic E-state index is 10.6. The fourth-order valence-corrected chi connectivity index (χ4v) is 2.21. The molecule has 4 aromatic rings. The molecule has 294 valence electrons. The Labute approximate surface area is 314 Å². The number of carboxylic acids is 4. The van der Waals surface area contributed by atoms with E-state index in [-0.39, 0.29) is 88.6 Å². The molecule has 0 atom stereocenters. The molecule has 0 aliphatic carbocycles. The molecule has 0 fully saturated rings. The Bertz CT molecular complexity index is 1290. The normalized spacial score (nSPS) is 7.31. The van der Waals surface area contributed by atoms with Crippen molar-refractivity contribution in [1.82, 2.24) is 32.2 Å². The van der Waals surface area contributed by atoms with Gasteiger partial charge in [-0.15, -0.1) is 0 Å². The summed E-state index contributed by atoms with van der Waals surface area (Å²) in [7, 11) is 0. The van der Waals surface area contributed by atoms with E-state index in [2.05, 4.69) is 19.9 Å². The molecule has 0 saturated carbocycles. The smallest absolute Gasteiger partial charge is 0.353 e. The van der Waals surface area contributed by atoms with Crippen LogP contribution in [0.1, 0.15) is 42.0 Å². The van der Waals surface area contributed by atoms with Gasteiger partial charge in [0.1, 0.15) is 40.0 Å². The van der Waals surface area contributed by atoms with Crippen LogP contribution in [0.2, 0.25) is 0 Å². The first-order chi connectivity index (χ1) is 20.9. The molecule has 2 radical (unpaired) electrons. The molecule has 0 aliphatic heterocycles. The molecule has 4 rings (SSSR count). The largest absolute Gasteiger partial charge is 2.00 e. The second-order valence-corrected chi connectivity index (χ2v) is 6.63. The van der Waals surface area contributed by atoms with Crippen molar-refractivity contribution < 1.29 is 140 Å². The molecule has 0 aliphatic rings. The van der Waals surface area contributed by atoms with Crippen LogP contribution in [-0.4, -0.2) is 75.2 Å². The van der Waals surface area contributed by atoms with Gasteiger partial charge in [0.15, 0.2) is 0 Å². The van der Waals surface area contributed by atoms with Gasteiger partial charge in [-0.1, -0.05) is 11.8 Å². The predicted octanol–water partition coefficient (Wildman–Crippen LogP) is -8.59. The van der Waals surface area contributed by atoms with E-state index in [9.17, 15) is 39.6 Å². The first-order valence-corrected chi connectivity index (χ1v) is 10.6. The number of aromatic hydroxyl groups is 3. The first kappa shape index (κ1) is 72.2. The van der Waals surface area contributed by atoms with Crippen molar-refractivity contribution in [2.75, 3.05) is 0 Å². The molecule has 0 bridgehead atoms. The zero-order valence-corrected chi connectivity index (χ0v) is 28.9. The van der Waals surface area contributed by atoms with Crippen LogP contribution in [0.3, 0.4) is 0 Å². The van der Waals surface area contributed by atoms with Crippen LogP contribution in [0.15, 0.2) is 73.3 Å². The number of quaternary nitrogens is 2. The van der Waals surface area contributed by atoms with E-state index in [1.807, 2.05) is 0 Å². The quantitative estimate of drug-likeness (QED) is 0.0822. The van der Waals surface area contributed by atoms with Crippen molar-refractivity contribution in [3.05, 3.63) is 96.1 Å². The number of aromatic nitrogens is 4. The minimum atomic E-state index is -1.47. The van der Waals surface area contributed by atoms with Crippen molar-refractivity contribution >= 4 is 23.9 Å². The van der Waals surface area contributed by atoms with E-state index in [1.54, 1.807) is 0 Å². The second-order valence-electron chi connectivity index (χ2n) is 6.63. The third-order valence-corrected chi connectivity index (χ3v) is 3.91. The van der Waals surface area contributed by atoms with E-state index in [0.717, 1.165) is 6.07 Å². The maximum absolute atomic E-state index is 10.6. The fourth-order valence-electron chi connectivity index (χ4n) is 2.21. The monoisotopic (exact) mass is 822 g/mol. The van der Waals surface area contributed by atoms with Gasteiger partial charge in [0.25, 0.3) is 0 Å². The Morgan fingerprint density at radius 2 is 0.712 bits per heavy atom. The molecule has 26 nitrogen and oxygen atoms in total. The number of nitrogens with zero attached hydrogens (tertiary/aromatic N) is 4. The number of pyridine rings is 4. The van der Waals surface area contributed by atoms with Gasteiger partial charge in [0.05, 0.1) is 17.9 Å². The van der Waals surface area contributed by atoms with Crippen LogP contribution >= 0.6 is 0 Å². The van der Waals surface area contributed by atoms with Crippen molar-refractivity contribution in [1.29, 1.82) is 0 Å². The molecule has 0 spiro atoms. The van der Waals surface area contributed by atoms with Crippen molar-refractivity contribution in [3.63, 3.8) is 0 Å². The van der Waals surface area contributed by atoms with Crippen LogP contribution in [0.4, 0.5) is 0 Å². The van der Waals surface area contributed by atoms with Crippen LogP contribution in [-0.2, 0) is 48.1 Å². The average Bonchev–Trinajstić information content (AvgIpc) is 3.00. The third-order valence-electron chi connectivity index (χ3n) is 3.91. The number of carboxylic acid groups (broad SMARTS) is 4. The number of rotatable bonds is 4. The van der Waals surface area contributed by atoms with Crippen molar-refractivity contribution in [3.8, 4) is 23.0 Å². The zero-order valence-electron chi connectivity index (χ0n) is 26.1.